The Balaban J connectivity index is 2.45. The third-order valence-electron chi connectivity index (χ3n) is 5.79. The highest BCUT2D eigenvalue weighted by molar-refractivity contribution is 6.30. The van der Waals surface area contributed by atoms with E-state index in [1.165, 1.54) is 7.11 Å². The van der Waals surface area contributed by atoms with E-state index in [-0.39, 0.29) is 0 Å². The van der Waals surface area contributed by atoms with Gasteiger partial charge in [-0.25, -0.2) is 9.78 Å². The van der Waals surface area contributed by atoms with Gasteiger partial charge < -0.3 is 18.8 Å². The van der Waals surface area contributed by atoms with Crippen LogP contribution in [0.1, 0.15) is 49.4 Å². The minimum atomic E-state index is -0.931. The molecule has 6 nitrogen and oxygen atoms in total. The maximum absolute atomic E-state index is 13.0. The molecule has 3 rings (SSSR count). The fourth-order valence-corrected chi connectivity index (χ4v) is 4.30. The molecule has 1 atom stereocenters. The van der Waals surface area contributed by atoms with Gasteiger partial charge >= 0.3 is 5.97 Å². The molecular weight excluding hydrogens is 440 g/mol. The Morgan fingerprint density at radius 1 is 1.12 bits per heavy atom. The van der Waals surface area contributed by atoms with Crippen LogP contribution in [-0.2, 0) is 25.5 Å². The first-order chi connectivity index (χ1) is 15.5. The number of aryl methyl sites for hydroxylation is 2. The molecule has 0 spiro atoms. The zero-order chi connectivity index (χ0) is 24.5. The minimum Gasteiger partial charge on any atom is -0.467 e. The molecule has 2 heterocycles. The molecule has 7 heteroatoms. The van der Waals surface area contributed by atoms with Gasteiger partial charge in [-0.05, 0) is 64.8 Å². The first kappa shape index (κ1) is 25.2. The topological polar surface area (TPSA) is 62.6 Å². The number of fused-ring (bicyclic) bond motifs is 1. The second-order valence-electron chi connectivity index (χ2n) is 9.18. The Hall–Kier alpha value is -2.41. The Morgan fingerprint density at radius 2 is 1.76 bits per heavy atom. The number of carbonyl (C=O) groups excluding carboxylic acids is 1. The van der Waals surface area contributed by atoms with Crippen molar-refractivity contribution in [3.8, 4) is 11.1 Å². The lowest BCUT2D eigenvalue weighted by Gasteiger charge is -2.28. The van der Waals surface area contributed by atoms with Crippen LogP contribution in [0.3, 0.4) is 0 Å². The standard InChI is InChI=1S/C26H33ClN2O4/c1-15-17(3)29(13-14-31-7)24-20(15)22(18-9-11-19(27)12-10-18)21(16(2)28-24)23(25(30)32-8)33-26(4,5)6/h9-12,23H,13-14H2,1-8H3. The van der Waals surface area contributed by atoms with E-state index in [9.17, 15) is 4.79 Å². The highest BCUT2D eigenvalue weighted by Crippen LogP contribution is 2.42. The average molecular weight is 473 g/mol. The number of nitrogens with zero attached hydrogens (tertiary/aromatic N) is 2. The average Bonchev–Trinajstić information content (AvgIpc) is 2.98. The van der Waals surface area contributed by atoms with E-state index in [0.717, 1.165) is 33.4 Å². The maximum atomic E-state index is 13.0. The summed E-state index contributed by atoms with van der Waals surface area (Å²) in [5.41, 5.74) is 5.74. The smallest absolute Gasteiger partial charge is 0.339 e. The van der Waals surface area contributed by atoms with Crippen molar-refractivity contribution in [3.05, 3.63) is 51.8 Å². The van der Waals surface area contributed by atoms with Crippen molar-refractivity contribution in [3.63, 3.8) is 0 Å². The van der Waals surface area contributed by atoms with Gasteiger partial charge in [0.15, 0.2) is 6.10 Å². The van der Waals surface area contributed by atoms with Gasteiger partial charge in [0.2, 0.25) is 0 Å². The van der Waals surface area contributed by atoms with E-state index in [1.54, 1.807) is 7.11 Å². The first-order valence-electron chi connectivity index (χ1n) is 11.0. The molecule has 0 amide bonds. The number of benzene rings is 1. The lowest BCUT2D eigenvalue weighted by atomic mass is 9.91. The van der Waals surface area contributed by atoms with Crippen LogP contribution in [0.25, 0.3) is 22.2 Å². The normalized spacial score (nSPS) is 12.9. The van der Waals surface area contributed by atoms with Crippen molar-refractivity contribution in [1.29, 1.82) is 0 Å². The quantitative estimate of drug-likeness (QED) is 0.397. The molecule has 0 bridgehead atoms. The Bertz CT molecular complexity index is 1160. The molecule has 0 saturated carbocycles. The number of pyridine rings is 1. The summed E-state index contributed by atoms with van der Waals surface area (Å²) in [4.78, 5) is 18.0. The van der Waals surface area contributed by atoms with Gasteiger partial charge in [-0.15, -0.1) is 0 Å². The third-order valence-corrected chi connectivity index (χ3v) is 6.04. The van der Waals surface area contributed by atoms with Gasteiger partial charge in [-0.2, -0.15) is 0 Å². The molecule has 0 saturated heterocycles. The van der Waals surface area contributed by atoms with Crippen molar-refractivity contribution in [2.75, 3.05) is 20.8 Å². The van der Waals surface area contributed by atoms with E-state index >= 15 is 0 Å². The summed E-state index contributed by atoms with van der Waals surface area (Å²) in [6.07, 6.45) is -0.931. The van der Waals surface area contributed by atoms with Crippen LogP contribution < -0.4 is 0 Å². The number of methoxy groups -OCH3 is 2. The minimum absolute atomic E-state index is 0.461. The zero-order valence-electron chi connectivity index (χ0n) is 20.7. The summed E-state index contributed by atoms with van der Waals surface area (Å²) in [7, 11) is 3.07. The summed E-state index contributed by atoms with van der Waals surface area (Å²) in [5.74, 6) is -0.461. The van der Waals surface area contributed by atoms with Gasteiger partial charge in [0.05, 0.1) is 19.3 Å². The SMILES string of the molecule is COCCn1c(C)c(C)c2c(-c3ccc(Cl)cc3)c(C(OC(C)(C)C)C(=O)OC)c(C)nc21. The van der Waals surface area contributed by atoms with E-state index in [2.05, 4.69) is 18.4 Å². The zero-order valence-corrected chi connectivity index (χ0v) is 21.5. The van der Waals surface area contributed by atoms with Crippen LogP contribution >= 0.6 is 11.6 Å². The molecule has 0 aliphatic carbocycles. The number of aromatic nitrogens is 2. The molecule has 0 radical (unpaired) electrons. The number of hydrogen-bond acceptors (Lipinski definition) is 5. The molecule has 178 valence electrons. The largest absolute Gasteiger partial charge is 0.467 e. The second kappa shape index (κ2) is 9.84. The fraction of sp³-hybridized carbons (Fsp3) is 0.462. The number of carbonyl (C=O) groups is 1. The predicted octanol–water partition coefficient (Wildman–Crippen LogP) is 5.96. The van der Waals surface area contributed by atoms with Crippen LogP contribution in [0.2, 0.25) is 5.02 Å². The number of esters is 1. The Morgan fingerprint density at radius 3 is 2.30 bits per heavy atom. The fourth-order valence-electron chi connectivity index (χ4n) is 4.17. The number of halogens is 1. The summed E-state index contributed by atoms with van der Waals surface area (Å²) in [6, 6.07) is 7.63. The van der Waals surface area contributed by atoms with Gasteiger partial charge in [0, 0.05) is 46.6 Å². The molecule has 0 aliphatic rings. The van der Waals surface area contributed by atoms with E-state index < -0.39 is 17.7 Å². The predicted molar refractivity (Wildman–Crippen MR) is 132 cm³/mol. The van der Waals surface area contributed by atoms with Crippen molar-refractivity contribution < 1.29 is 19.0 Å². The van der Waals surface area contributed by atoms with E-state index in [1.807, 2.05) is 52.0 Å². The van der Waals surface area contributed by atoms with Gasteiger partial charge in [-0.1, -0.05) is 23.7 Å². The third kappa shape index (κ3) is 5.08. The molecule has 1 aromatic carbocycles. The molecular formula is C26H33ClN2O4. The molecule has 33 heavy (non-hydrogen) atoms. The summed E-state index contributed by atoms with van der Waals surface area (Å²) in [5, 5.41) is 1.63. The van der Waals surface area contributed by atoms with Gasteiger partial charge in [-0.3, -0.25) is 0 Å². The molecule has 2 aromatic heterocycles. The van der Waals surface area contributed by atoms with Crippen LogP contribution in [0.15, 0.2) is 24.3 Å². The lowest BCUT2D eigenvalue weighted by Crippen LogP contribution is -2.29. The highest BCUT2D eigenvalue weighted by atomic mass is 35.5. The number of ether oxygens (including phenoxy) is 3. The van der Waals surface area contributed by atoms with Crippen molar-refractivity contribution >= 4 is 28.6 Å². The maximum Gasteiger partial charge on any atom is 0.339 e. The van der Waals surface area contributed by atoms with Gasteiger partial charge in [0.1, 0.15) is 5.65 Å². The van der Waals surface area contributed by atoms with E-state index in [4.69, 9.17) is 30.8 Å². The molecule has 3 aromatic rings. The molecule has 0 fully saturated rings. The molecule has 0 aliphatic heterocycles. The van der Waals surface area contributed by atoms with E-state index in [0.29, 0.717) is 29.4 Å². The summed E-state index contributed by atoms with van der Waals surface area (Å²) >= 11 is 6.20. The Labute approximate surface area is 200 Å². The number of hydrogen-bond donors (Lipinski definition) is 0. The van der Waals surface area contributed by atoms with Crippen LogP contribution in [-0.4, -0.2) is 41.9 Å². The molecule has 0 N–H and O–H groups in total. The summed E-state index contributed by atoms with van der Waals surface area (Å²) < 4.78 is 18.9. The Kier molecular flexibility index (Phi) is 7.52. The monoisotopic (exact) mass is 472 g/mol. The lowest BCUT2D eigenvalue weighted by molar-refractivity contribution is -0.164. The van der Waals surface area contributed by atoms with Gasteiger partial charge in [0.25, 0.3) is 0 Å². The van der Waals surface area contributed by atoms with Crippen molar-refractivity contribution in [2.24, 2.45) is 0 Å². The molecule has 1 unspecified atom stereocenters. The first-order valence-corrected chi connectivity index (χ1v) is 11.4. The van der Waals surface area contributed by atoms with Crippen LogP contribution in [0.5, 0.6) is 0 Å². The van der Waals surface area contributed by atoms with Crippen molar-refractivity contribution in [1.82, 2.24) is 9.55 Å². The highest BCUT2D eigenvalue weighted by Gasteiger charge is 2.34. The van der Waals surface area contributed by atoms with Crippen LogP contribution in [0.4, 0.5) is 0 Å². The van der Waals surface area contributed by atoms with Crippen LogP contribution in [0, 0.1) is 20.8 Å². The summed E-state index contributed by atoms with van der Waals surface area (Å²) in [6.45, 7) is 13.1. The second-order valence-corrected chi connectivity index (χ2v) is 9.62. The number of rotatable bonds is 7. The van der Waals surface area contributed by atoms with Crippen molar-refractivity contribution in [2.45, 2.75) is 59.8 Å².